The smallest absolute Gasteiger partial charge is 0.244 e. The number of likely N-dealkylation sites (N-methyl/N-ethyl adjacent to an activating group) is 1. The number of carbonyl (C=O) groups is 1. The van der Waals surface area contributed by atoms with E-state index in [2.05, 4.69) is 4.99 Å². The molecule has 0 aliphatic carbocycles. The Morgan fingerprint density at radius 3 is 3.00 bits per heavy atom. The van der Waals surface area contributed by atoms with Gasteiger partial charge in [-0.15, -0.1) is 0 Å². The maximum absolute atomic E-state index is 10.9. The summed E-state index contributed by atoms with van der Waals surface area (Å²) in [6.07, 6.45) is 0. The second kappa shape index (κ2) is 3.37. The maximum atomic E-state index is 10.9. The molecular weight excluding hydrogens is 144 g/mol. The number of ether oxygens (including phenoxy) is 1. The van der Waals surface area contributed by atoms with Crippen molar-refractivity contribution in [2.75, 3.05) is 26.7 Å². The lowest BCUT2D eigenvalue weighted by Crippen LogP contribution is -2.39. The van der Waals surface area contributed by atoms with Crippen LogP contribution in [0.15, 0.2) is 4.99 Å². The van der Waals surface area contributed by atoms with Gasteiger partial charge in [0, 0.05) is 7.05 Å². The number of hydrogen-bond acceptors (Lipinski definition) is 3. The summed E-state index contributed by atoms with van der Waals surface area (Å²) < 4.78 is 5.16. The van der Waals surface area contributed by atoms with Gasteiger partial charge in [-0.3, -0.25) is 4.79 Å². The van der Waals surface area contributed by atoms with Crippen LogP contribution in [0, 0.1) is 0 Å². The zero-order chi connectivity index (χ0) is 8.27. The minimum Gasteiger partial charge on any atom is -0.480 e. The highest BCUT2D eigenvalue weighted by Crippen LogP contribution is 1.97. The standard InChI is InChI=1S/C7H12N2O2/c1-3-11-6-5-9(2)7(10)4-8-6/h3-5H2,1-2H3. The molecule has 1 amide bonds. The van der Waals surface area contributed by atoms with E-state index in [1.54, 1.807) is 11.9 Å². The lowest BCUT2D eigenvalue weighted by Gasteiger charge is -2.21. The second-order valence-corrected chi connectivity index (χ2v) is 2.39. The molecule has 0 N–H and O–H groups in total. The van der Waals surface area contributed by atoms with E-state index in [1.165, 1.54) is 0 Å². The Balaban J connectivity index is 2.51. The van der Waals surface area contributed by atoms with Gasteiger partial charge in [0.1, 0.15) is 6.54 Å². The number of amides is 1. The van der Waals surface area contributed by atoms with Gasteiger partial charge in [-0.1, -0.05) is 0 Å². The van der Waals surface area contributed by atoms with Crippen molar-refractivity contribution in [1.82, 2.24) is 4.90 Å². The number of hydrogen-bond donors (Lipinski definition) is 0. The van der Waals surface area contributed by atoms with Gasteiger partial charge >= 0.3 is 0 Å². The first-order valence-corrected chi connectivity index (χ1v) is 3.64. The van der Waals surface area contributed by atoms with Gasteiger partial charge < -0.3 is 9.64 Å². The van der Waals surface area contributed by atoms with Crippen molar-refractivity contribution in [1.29, 1.82) is 0 Å². The molecule has 4 nitrogen and oxygen atoms in total. The van der Waals surface area contributed by atoms with E-state index in [1.807, 2.05) is 6.92 Å². The third-order valence-corrected chi connectivity index (χ3v) is 1.50. The predicted octanol–water partition coefficient (Wildman–Crippen LogP) is -0.107. The first-order chi connectivity index (χ1) is 5.24. The first-order valence-electron chi connectivity index (χ1n) is 3.64. The monoisotopic (exact) mass is 156 g/mol. The van der Waals surface area contributed by atoms with Crippen molar-refractivity contribution in [2.45, 2.75) is 6.92 Å². The van der Waals surface area contributed by atoms with Crippen molar-refractivity contribution < 1.29 is 9.53 Å². The molecular formula is C7H12N2O2. The Kier molecular flexibility index (Phi) is 2.46. The maximum Gasteiger partial charge on any atom is 0.244 e. The first kappa shape index (κ1) is 8.04. The average Bonchev–Trinajstić information content (AvgIpc) is 1.98. The summed E-state index contributed by atoms with van der Waals surface area (Å²) in [7, 11) is 1.75. The van der Waals surface area contributed by atoms with E-state index in [0.717, 1.165) is 0 Å². The van der Waals surface area contributed by atoms with Gasteiger partial charge in [0.25, 0.3) is 0 Å². The molecule has 11 heavy (non-hydrogen) atoms. The summed E-state index contributed by atoms with van der Waals surface area (Å²) >= 11 is 0. The van der Waals surface area contributed by atoms with Crippen molar-refractivity contribution in [3.8, 4) is 0 Å². The van der Waals surface area contributed by atoms with E-state index in [-0.39, 0.29) is 12.5 Å². The van der Waals surface area contributed by atoms with Crippen LogP contribution < -0.4 is 0 Å². The Hall–Kier alpha value is -1.06. The van der Waals surface area contributed by atoms with Crippen LogP contribution in [0.4, 0.5) is 0 Å². The molecule has 0 atom stereocenters. The van der Waals surface area contributed by atoms with Gasteiger partial charge in [-0.05, 0) is 6.92 Å². The van der Waals surface area contributed by atoms with Crippen LogP contribution >= 0.6 is 0 Å². The van der Waals surface area contributed by atoms with E-state index >= 15 is 0 Å². The molecule has 0 spiro atoms. The highest BCUT2D eigenvalue weighted by molar-refractivity contribution is 5.90. The minimum atomic E-state index is 0.0495. The largest absolute Gasteiger partial charge is 0.480 e. The SMILES string of the molecule is CCOC1=NCC(=O)N(C)C1. The van der Waals surface area contributed by atoms with Crippen LogP contribution in [0.1, 0.15) is 6.92 Å². The highest BCUT2D eigenvalue weighted by Gasteiger charge is 2.16. The van der Waals surface area contributed by atoms with Gasteiger partial charge in [0.15, 0.2) is 0 Å². The average molecular weight is 156 g/mol. The van der Waals surface area contributed by atoms with E-state index in [0.29, 0.717) is 19.0 Å². The number of rotatable bonds is 1. The Bertz CT molecular complexity index is 189. The Morgan fingerprint density at radius 2 is 2.45 bits per heavy atom. The molecule has 0 aromatic rings. The molecule has 1 rings (SSSR count). The zero-order valence-electron chi connectivity index (χ0n) is 6.83. The molecule has 0 saturated heterocycles. The lowest BCUT2D eigenvalue weighted by molar-refractivity contribution is -0.128. The fourth-order valence-corrected chi connectivity index (χ4v) is 0.875. The summed E-state index contributed by atoms with van der Waals surface area (Å²) in [5, 5.41) is 0. The quantitative estimate of drug-likeness (QED) is 0.531. The minimum absolute atomic E-state index is 0.0495. The highest BCUT2D eigenvalue weighted by atomic mass is 16.5. The van der Waals surface area contributed by atoms with E-state index in [9.17, 15) is 4.79 Å². The van der Waals surface area contributed by atoms with Crippen LogP contribution in [0.3, 0.4) is 0 Å². The van der Waals surface area contributed by atoms with Crippen molar-refractivity contribution in [3.05, 3.63) is 0 Å². The molecule has 0 unspecified atom stereocenters. The third-order valence-electron chi connectivity index (χ3n) is 1.50. The van der Waals surface area contributed by atoms with Crippen molar-refractivity contribution >= 4 is 11.8 Å². The van der Waals surface area contributed by atoms with E-state index in [4.69, 9.17) is 4.74 Å². The molecule has 1 heterocycles. The molecule has 1 aliphatic heterocycles. The topological polar surface area (TPSA) is 41.9 Å². The molecule has 0 fully saturated rings. The number of nitrogens with zero attached hydrogens (tertiary/aromatic N) is 2. The Morgan fingerprint density at radius 1 is 1.73 bits per heavy atom. The molecule has 62 valence electrons. The summed E-state index contributed by atoms with van der Waals surface area (Å²) in [6, 6.07) is 0. The molecule has 1 aliphatic rings. The summed E-state index contributed by atoms with van der Waals surface area (Å²) in [5.74, 6) is 0.711. The molecule has 0 aromatic carbocycles. The number of carbonyl (C=O) groups excluding carboxylic acids is 1. The molecule has 0 bridgehead atoms. The van der Waals surface area contributed by atoms with Gasteiger partial charge in [-0.25, -0.2) is 4.99 Å². The van der Waals surface area contributed by atoms with E-state index < -0.39 is 0 Å². The van der Waals surface area contributed by atoms with Gasteiger partial charge in [-0.2, -0.15) is 0 Å². The van der Waals surface area contributed by atoms with Crippen molar-refractivity contribution in [2.24, 2.45) is 4.99 Å². The van der Waals surface area contributed by atoms with Gasteiger partial charge in [0.2, 0.25) is 11.8 Å². The molecule has 0 saturated carbocycles. The van der Waals surface area contributed by atoms with Crippen LogP contribution in [0.2, 0.25) is 0 Å². The van der Waals surface area contributed by atoms with Crippen LogP contribution in [0.25, 0.3) is 0 Å². The lowest BCUT2D eigenvalue weighted by atomic mass is 10.4. The van der Waals surface area contributed by atoms with Crippen LogP contribution in [0.5, 0.6) is 0 Å². The predicted molar refractivity (Wildman–Crippen MR) is 41.6 cm³/mol. The summed E-state index contributed by atoms with van der Waals surface area (Å²) in [4.78, 5) is 16.5. The van der Waals surface area contributed by atoms with Crippen LogP contribution in [-0.2, 0) is 9.53 Å². The molecule has 0 radical (unpaired) electrons. The fraction of sp³-hybridized carbons (Fsp3) is 0.714. The second-order valence-electron chi connectivity index (χ2n) is 2.39. The Labute approximate surface area is 65.9 Å². The molecule has 0 aromatic heterocycles. The summed E-state index contributed by atoms with van der Waals surface area (Å²) in [6.45, 7) is 3.25. The zero-order valence-corrected chi connectivity index (χ0v) is 6.83. The number of aliphatic imine (C=N–C) groups is 1. The van der Waals surface area contributed by atoms with Crippen LogP contribution in [-0.4, -0.2) is 43.4 Å². The molecule has 4 heteroatoms. The van der Waals surface area contributed by atoms with Gasteiger partial charge in [0.05, 0.1) is 13.2 Å². The summed E-state index contributed by atoms with van der Waals surface area (Å²) in [5.41, 5.74) is 0. The van der Waals surface area contributed by atoms with Crippen molar-refractivity contribution in [3.63, 3.8) is 0 Å². The fourth-order valence-electron chi connectivity index (χ4n) is 0.875. The normalized spacial score (nSPS) is 18.2. The third kappa shape index (κ3) is 1.93.